The monoisotopic (exact) mass is 298 g/mol. The van der Waals surface area contributed by atoms with Gasteiger partial charge in [0.15, 0.2) is 0 Å². The van der Waals surface area contributed by atoms with Crippen LogP contribution in [0.3, 0.4) is 0 Å². The maximum Gasteiger partial charge on any atom is 0.117 e. The molecule has 0 saturated carbocycles. The minimum absolute atomic E-state index is 0.710. The highest BCUT2D eigenvalue weighted by atomic mass is 32.1. The van der Waals surface area contributed by atoms with Crippen molar-refractivity contribution in [1.82, 2.24) is 20.7 Å². The quantitative estimate of drug-likeness (QED) is 0.733. The van der Waals surface area contributed by atoms with Crippen LogP contribution in [0.5, 0.6) is 0 Å². The summed E-state index contributed by atoms with van der Waals surface area (Å²) in [4.78, 5) is 1.40. The molecule has 2 aromatic heterocycles. The van der Waals surface area contributed by atoms with Crippen molar-refractivity contribution in [1.29, 1.82) is 0 Å². The lowest BCUT2D eigenvalue weighted by molar-refractivity contribution is 0.681. The molecule has 0 saturated heterocycles. The van der Waals surface area contributed by atoms with Crippen molar-refractivity contribution >= 4 is 11.3 Å². The number of thiophene rings is 1. The van der Waals surface area contributed by atoms with Crippen molar-refractivity contribution in [3.05, 3.63) is 57.9 Å². The fourth-order valence-electron chi connectivity index (χ4n) is 2.33. The number of rotatable bonds is 6. The lowest BCUT2D eigenvalue weighted by atomic mass is 10.1. The van der Waals surface area contributed by atoms with E-state index < -0.39 is 0 Å². The van der Waals surface area contributed by atoms with Gasteiger partial charge in [0.25, 0.3) is 0 Å². The van der Waals surface area contributed by atoms with Crippen LogP contribution >= 0.6 is 11.3 Å². The second-order valence-electron chi connectivity index (χ2n) is 4.81. The Hall–Kier alpha value is -1.98. The minimum atomic E-state index is 0.710. The largest absolute Gasteiger partial charge is 0.306 e. The fourth-order valence-corrected chi connectivity index (χ4v) is 3.28. The Bertz CT molecular complexity index is 687. The van der Waals surface area contributed by atoms with Crippen LogP contribution in [0.25, 0.3) is 11.3 Å². The third kappa shape index (κ3) is 3.20. The molecule has 0 unspecified atom stereocenters. The maximum atomic E-state index is 4.26. The van der Waals surface area contributed by atoms with Crippen molar-refractivity contribution in [2.75, 3.05) is 0 Å². The Morgan fingerprint density at radius 3 is 2.76 bits per heavy atom. The van der Waals surface area contributed by atoms with Crippen LogP contribution in [0.4, 0.5) is 0 Å². The molecule has 0 fully saturated rings. The summed E-state index contributed by atoms with van der Waals surface area (Å²) in [7, 11) is 0. The van der Waals surface area contributed by atoms with E-state index in [1.54, 1.807) is 11.3 Å². The van der Waals surface area contributed by atoms with Crippen molar-refractivity contribution in [3.63, 3.8) is 0 Å². The van der Waals surface area contributed by atoms with Gasteiger partial charge in [-0.1, -0.05) is 37.3 Å². The molecule has 3 aromatic rings. The molecule has 0 spiro atoms. The topological polar surface area (TPSA) is 53.6 Å². The fraction of sp³-hybridized carbons (Fsp3) is 0.250. The van der Waals surface area contributed by atoms with Crippen molar-refractivity contribution in [3.8, 4) is 11.3 Å². The molecular weight excluding hydrogens is 280 g/mol. The van der Waals surface area contributed by atoms with Gasteiger partial charge < -0.3 is 5.32 Å². The van der Waals surface area contributed by atoms with Crippen LogP contribution in [-0.4, -0.2) is 15.4 Å². The second-order valence-corrected chi connectivity index (χ2v) is 5.81. The van der Waals surface area contributed by atoms with E-state index in [0.717, 1.165) is 29.9 Å². The molecule has 0 aliphatic carbocycles. The number of hydrogen-bond acceptors (Lipinski definition) is 4. The Kier molecular flexibility index (Phi) is 4.43. The van der Waals surface area contributed by atoms with Crippen molar-refractivity contribution in [2.45, 2.75) is 26.4 Å². The number of H-pyrrole nitrogens is 1. The first-order chi connectivity index (χ1) is 10.4. The van der Waals surface area contributed by atoms with Crippen LogP contribution < -0.4 is 5.32 Å². The molecule has 4 nitrogen and oxygen atoms in total. The number of hydrogen-bond donors (Lipinski definition) is 2. The van der Waals surface area contributed by atoms with Crippen LogP contribution in [-0.2, 0) is 19.5 Å². The smallest absolute Gasteiger partial charge is 0.117 e. The lowest BCUT2D eigenvalue weighted by Crippen LogP contribution is -2.13. The third-order valence-corrected chi connectivity index (χ3v) is 4.43. The van der Waals surface area contributed by atoms with Gasteiger partial charge in [-0.2, -0.15) is 15.4 Å². The molecule has 0 radical (unpaired) electrons. The maximum absolute atomic E-state index is 4.26. The average molecular weight is 298 g/mol. The van der Waals surface area contributed by atoms with Gasteiger partial charge in [0.1, 0.15) is 11.4 Å². The number of aryl methyl sites for hydroxylation is 1. The SMILES string of the molecule is CCc1ccsc1CNCc1n[nH]nc1-c1ccccc1. The summed E-state index contributed by atoms with van der Waals surface area (Å²) in [6.07, 6.45) is 1.08. The van der Waals surface area contributed by atoms with Gasteiger partial charge in [-0.3, -0.25) is 0 Å². The average Bonchev–Trinajstić information content (AvgIpc) is 3.17. The summed E-state index contributed by atoms with van der Waals surface area (Å²) in [5.74, 6) is 0. The van der Waals surface area contributed by atoms with E-state index in [2.05, 4.69) is 51.2 Å². The summed E-state index contributed by atoms with van der Waals surface area (Å²) < 4.78 is 0. The van der Waals surface area contributed by atoms with E-state index in [1.165, 1.54) is 10.4 Å². The molecule has 0 amide bonds. The molecule has 1 aromatic carbocycles. The highest BCUT2D eigenvalue weighted by molar-refractivity contribution is 7.10. The number of benzene rings is 1. The lowest BCUT2D eigenvalue weighted by Gasteiger charge is -2.05. The molecule has 21 heavy (non-hydrogen) atoms. The standard InChI is InChI=1S/C16H18N4S/c1-2-12-8-9-21-15(12)11-17-10-14-16(19-20-18-14)13-6-4-3-5-7-13/h3-9,17H,2,10-11H2,1H3,(H,18,19,20). The normalized spacial score (nSPS) is 10.9. The molecular formula is C16H18N4S. The number of nitrogens with one attached hydrogen (secondary N) is 2. The molecule has 2 N–H and O–H groups in total. The van der Waals surface area contributed by atoms with Gasteiger partial charge in [-0.15, -0.1) is 11.3 Å². The van der Waals surface area contributed by atoms with Gasteiger partial charge >= 0.3 is 0 Å². The molecule has 0 aliphatic rings. The Balaban J connectivity index is 1.66. The summed E-state index contributed by atoms with van der Waals surface area (Å²) >= 11 is 1.81. The van der Waals surface area contributed by atoms with Gasteiger partial charge in [0, 0.05) is 23.5 Å². The molecule has 2 heterocycles. The van der Waals surface area contributed by atoms with E-state index in [0.29, 0.717) is 6.54 Å². The minimum Gasteiger partial charge on any atom is -0.306 e. The highest BCUT2D eigenvalue weighted by Crippen LogP contribution is 2.20. The number of nitrogens with zero attached hydrogens (tertiary/aromatic N) is 2. The number of aromatic amines is 1. The van der Waals surface area contributed by atoms with E-state index in [9.17, 15) is 0 Å². The molecule has 3 rings (SSSR count). The zero-order chi connectivity index (χ0) is 14.5. The van der Waals surface area contributed by atoms with Crippen LogP contribution in [0, 0.1) is 0 Å². The first kappa shape index (κ1) is 14.0. The van der Waals surface area contributed by atoms with Crippen molar-refractivity contribution < 1.29 is 0 Å². The summed E-state index contributed by atoms with van der Waals surface area (Å²) in [5, 5.41) is 16.9. The van der Waals surface area contributed by atoms with E-state index in [4.69, 9.17) is 0 Å². The molecule has 0 aliphatic heterocycles. The molecule has 108 valence electrons. The summed E-state index contributed by atoms with van der Waals surface area (Å²) in [5.41, 5.74) is 4.39. The second kappa shape index (κ2) is 6.65. The highest BCUT2D eigenvalue weighted by Gasteiger charge is 2.10. The summed E-state index contributed by atoms with van der Waals surface area (Å²) in [6, 6.07) is 12.3. The van der Waals surface area contributed by atoms with Crippen LogP contribution in [0.2, 0.25) is 0 Å². The first-order valence-corrected chi connectivity index (χ1v) is 7.97. The third-order valence-electron chi connectivity index (χ3n) is 3.46. The number of aromatic nitrogens is 3. The molecule has 5 heteroatoms. The molecule has 0 bridgehead atoms. The Morgan fingerprint density at radius 2 is 1.95 bits per heavy atom. The van der Waals surface area contributed by atoms with Crippen LogP contribution in [0.1, 0.15) is 23.1 Å². The van der Waals surface area contributed by atoms with E-state index in [-0.39, 0.29) is 0 Å². The first-order valence-electron chi connectivity index (χ1n) is 7.09. The Labute approximate surface area is 128 Å². The van der Waals surface area contributed by atoms with Gasteiger partial charge in [-0.25, -0.2) is 0 Å². The van der Waals surface area contributed by atoms with Gasteiger partial charge in [-0.05, 0) is 23.4 Å². The zero-order valence-corrected chi connectivity index (χ0v) is 12.8. The predicted octanol–water partition coefficient (Wildman–Crippen LogP) is 3.39. The predicted molar refractivity (Wildman–Crippen MR) is 86.1 cm³/mol. The van der Waals surface area contributed by atoms with Gasteiger partial charge in [0.2, 0.25) is 0 Å². The Morgan fingerprint density at radius 1 is 1.10 bits per heavy atom. The summed E-state index contributed by atoms with van der Waals surface area (Å²) in [6.45, 7) is 3.78. The van der Waals surface area contributed by atoms with Gasteiger partial charge in [0.05, 0.1) is 0 Å². The van der Waals surface area contributed by atoms with E-state index >= 15 is 0 Å². The van der Waals surface area contributed by atoms with E-state index in [1.807, 2.05) is 18.2 Å². The molecule has 0 atom stereocenters. The van der Waals surface area contributed by atoms with Crippen molar-refractivity contribution in [2.24, 2.45) is 0 Å². The van der Waals surface area contributed by atoms with Crippen LogP contribution in [0.15, 0.2) is 41.8 Å². The zero-order valence-electron chi connectivity index (χ0n) is 12.0.